The fourth-order valence-corrected chi connectivity index (χ4v) is 2.03. The fraction of sp³-hybridized carbons (Fsp3) is 0.529. The lowest BCUT2D eigenvalue weighted by atomic mass is 10.0. The Kier molecular flexibility index (Phi) is 6.56. The third-order valence-electron chi connectivity index (χ3n) is 3.63. The molecule has 0 saturated carbocycles. The number of benzene rings is 1. The molecule has 0 bridgehead atoms. The van der Waals surface area contributed by atoms with Crippen molar-refractivity contribution in [2.24, 2.45) is 5.92 Å². The van der Waals surface area contributed by atoms with Crippen molar-refractivity contribution in [2.45, 2.75) is 52.1 Å². The highest BCUT2D eigenvalue weighted by molar-refractivity contribution is 5.91. The fourth-order valence-electron chi connectivity index (χ4n) is 2.03. The molecule has 0 aliphatic carbocycles. The normalized spacial score (nSPS) is 12.9. The van der Waals surface area contributed by atoms with E-state index in [1.165, 1.54) is 13.8 Å². The molecular formula is C17H20F6N2O2. The Morgan fingerprint density at radius 2 is 1.37 bits per heavy atom. The zero-order valence-corrected chi connectivity index (χ0v) is 15.1. The van der Waals surface area contributed by atoms with Crippen LogP contribution in [0.1, 0.15) is 44.4 Å². The minimum atomic E-state index is -4.97. The molecule has 0 saturated heterocycles. The van der Waals surface area contributed by atoms with Gasteiger partial charge in [-0.15, -0.1) is 0 Å². The molecule has 1 aromatic carbocycles. The van der Waals surface area contributed by atoms with Crippen LogP contribution in [0.4, 0.5) is 26.3 Å². The van der Waals surface area contributed by atoms with Gasteiger partial charge >= 0.3 is 12.4 Å². The Balaban J connectivity index is 3.02. The summed E-state index contributed by atoms with van der Waals surface area (Å²) in [6, 6.07) is 1.09. The van der Waals surface area contributed by atoms with Crippen molar-refractivity contribution in [1.82, 2.24) is 10.6 Å². The van der Waals surface area contributed by atoms with Crippen molar-refractivity contribution in [3.63, 3.8) is 0 Å². The van der Waals surface area contributed by atoms with Gasteiger partial charge in [-0.1, -0.05) is 13.8 Å². The minimum Gasteiger partial charge on any atom is -0.350 e. The quantitative estimate of drug-likeness (QED) is 0.740. The van der Waals surface area contributed by atoms with Gasteiger partial charge in [-0.25, -0.2) is 0 Å². The minimum absolute atomic E-state index is 0.0120. The average Bonchev–Trinajstić information content (AvgIpc) is 2.49. The molecule has 0 fully saturated rings. The molecule has 27 heavy (non-hydrogen) atoms. The molecule has 0 spiro atoms. The van der Waals surface area contributed by atoms with Crippen molar-refractivity contribution in [3.8, 4) is 0 Å². The van der Waals surface area contributed by atoms with Gasteiger partial charge in [0.2, 0.25) is 11.8 Å². The van der Waals surface area contributed by atoms with Crippen molar-refractivity contribution >= 4 is 11.8 Å². The number of carbonyl (C=O) groups is 2. The first-order valence-electron chi connectivity index (χ1n) is 7.92. The summed E-state index contributed by atoms with van der Waals surface area (Å²) in [6.07, 6.45) is -9.94. The van der Waals surface area contributed by atoms with E-state index in [1.54, 1.807) is 13.8 Å². The van der Waals surface area contributed by atoms with E-state index in [0.29, 0.717) is 12.1 Å². The second-order valence-electron chi connectivity index (χ2n) is 6.87. The molecule has 2 amide bonds. The van der Waals surface area contributed by atoms with Gasteiger partial charge in [0.25, 0.3) is 0 Å². The van der Waals surface area contributed by atoms with E-state index in [4.69, 9.17) is 0 Å². The number of amides is 2. The maximum absolute atomic E-state index is 12.8. The van der Waals surface area contributed by atoms with E-state index in [0.717, 1.165) is 0 Å². The van der Waals surface area contributed by atoms with Crippen LogP contribution in [0.3, 0.4) is 0 Å². The van der Waals surface area contributed by atoms with Crippen molar-refractivity contribution in [3.05, 3.63) is 34.9 Å². The van der Waals surface area contributed by atoms with Crippen LogP contribution in [0.25, 0.3) is 0 Å². The maximum Gasteiger partial charge on any atom is 0.416 e. The molecule has 0 atom stereocenters. The van der Waals surface area contributed by atoms with Crippen LogP contribution in [0, 0.1) is 5.92 Å². The number of nitrogens with one attached hydrogen (secondary N) is 2. The molecular weight excluding hydrogens is 378 g/mol. The largest absolute Gasteiger partial charge is 0.416 e. The van der Waals surface area contributed by atoms with E-state index in [9.17, 15) is 35.9 Å². The molecule has 152 valence electrons. The van der Waals surface area contributed by atoms with Gasteiger partial charge in [0, 0.05) is 12.5 Å². The summed E-state index contributed by atoms with van der Waals surface area (Å²) in [5, 5.41) is 4.70. The van der Waals surface area contributed by atoms with Crippen molar-refractivity contribution in [1.29, 1.82) is 0 Å². The number of rotatable bonds is 5. The summed E-state index contributed by atoms with van der Waals surface area (Å²) in [6.45, 7) is 5.38. The van der Waals surface area contributed by atoms with Crippen LogP contribution in [-0.4, -0.2) is 17.4 Å². The predicted octanol–water partition coefficient (Wildman–Crippen LogP) is 3.89. The molecule has 0 aromatic heterocycles. The highest BCUT2D eigenvalue weighted by atomic mass is 19.4. The lowest BCUT2D eigenvalue weighted by Gasteiger charge is -2.26. The first kappa shape index (κ1) is 22.8. The zero-order chi connectivity index (χ0) is 21.2. The smallest absolute Gasteiger partial charge is 0.350 e. The summed E-state index contributed by atoms with van der Waals surface area (Å²) in [5.41, 5.74) is -4.69. The first-order chi connectivity index (χ1) is 12.0. The van der Waals surface area contributed by atoms with Crippen molar-refractivity contribution < 1.29 is 35.9 Å². The van der Waals surface area contributed by atoms with Crippen LogP contribution in [0.5, 0.6) is 0 Å². The molecule has 0 heterocycles. The van der Waals surface area contributed by atoms with Gasteiger partial charge < -0.3 is 10.6 Å². The summed E-state index contributed by atoms with van der Waals surface area (Å²) >= 11 is 0. The number of halogens is 6. The molecule has 2 N–H and O–H groups in total. The zero-order valence-electron chi connectivity index (χ0n) is 15.1. The van der Waals surface area contributed by atoms with E-state index in [1.807, 2.05) is 0 Å². The van der Waals surface area contributed by atoms with Crippen LogP contribution in [-0.2, 0) is 28.5 Å². The number of hydrogen-bond donors (Lipinski definition) is 2. The summed E-state index contributed by atoms with van der Waals surface area (Å²) < 4.78 is 77.0. The Bertz CT molecular complexity index is 676. The van der Waals surface area contributed by atoms with Crippen LogP contribution in [0.2, 0.25) is 0 Å². The first-order valence-corrected chi connectivity index (χ1v) is 7.92. The Morgan fingerprint density at radius 1 is 0.926 bits per heavy atom. The van der Waals surface area contributed by atoms with E-state index in [2.05, 4.69) is 10.6 Å². The predicted molar refractivity (Wildman–Crippen MR) is 85.4 cm³/mol. The monoisotopic (exact) mass is 398 g/mol. The number of alkyl halides is 6. The highest BCUT2D eigenvalue weighted by Crippen LogP contribution is 2.36. The standard InChI is InChI=1S/C17H20F6N2O2/c1-9(2)13(26)25-15(3,4)14(27)24-8-10-5-11(16(18,19)20)7-12(6-10)17(21,22)23/h5-7,9H,8H2,1-4H3,(H,24,27)(H,25,26). The van der Waals surface area contributed by atoms with Crippen LogP contribution < -0.4 is 10.6 Å². The van der Waals surface area contributed by atoms with Gasteiger partial charge in [-0.05, 0) is 37.6 Å². The Hall–Kier alpha value is -2.26. The average molecular weight is 398 g/mol. The molecule has 0 radical (unpaired) electrons. The van der Waals surface area contributed by atoms with Crippen LogP contribution in [0.15, 0.2) is 18.2 Å². The molecule has 1 aromatic rings. The summed E-state index contributed by atoms with van der Waals surface area (Å²) in [7, 11) is 0. The second-order valence-corrected chi connectivity index (χ2v) is 6.87. The van der Waals surface area contributed by atoms with Crippen LogP contribution >= 0.6 is 0 Å². The van der Waals surface area contributed by atoms with Gasteiger partial charge in [0.15, 0.2) is 0 Å². The maximum atomic E-state index is 12.8. The Morgan fingerprint density at radius 3 is 1.74 bits per heavy atom. The molecule has 10 heteroatoms. The number of hydrogen-bond acceptors (Lipinski definition) is 2. The molecule has 1 rings (SSSR count). The van der Waals surface area contributed by atoms with E-state index in [-0.39, 0.29) is 11.6 Å². The molecule has 0 unspecified atom stereocenters. The van der Waals surface area contributed by atoms with Gasteiger partial charge in [0.05, 0.1) is 11.1 Å². The van der Waals surface area contributed by atoms with E-state index >= 15 is 0 Å². The molecule has 4 nitrogen and oxygen atoms in total. The third-order valence-corrected chi connectivity index (χ3v) is 3.63. The molecule has 0 aliphatic heterocycles. The second kappa shape index (κ2) is 7.77. The summed E-state index contributed by atoms with van der Waals surface area (Å²) in [4.78, 5) is 23.9. The molecule has 0 aliphatic rings. The van der Waals surface area contributed by atoms with Gasteiger partial charge in [-0.2, -0.15) is 26.3 Å². The summed E-state index contributed by atoms with van der Waals surface area (Å²) in [5.74, 6) is -1.58. The topological polar surface area (TPSA) is 58.2 Å². The number of carbonyl (C=O) groups excluding carboxylic acids is 2. The lowest BCUT2D eigenvalue weighted by Crippen LogP contribution is -2.55. The SMILES string of the molecule is CC(C)C(=O)NC(C)(C)C(=O)NCc1cc(C(F)(F)F)cc(C(F)(F)F)c1. The van der Waals surface area contributed by atoms with Gasteiger partial charge in [-0.3, -0.25) is 9.59 Å². The van der Waals surface area contributed by atoms with Gasteiger partial charge in [0.1, 0.15) is 5.54 Å². The third kappa shape index (κ3) is 6.44. The van der Waals surface area contributed by atoms with Crippen molar-refractivity contribution in [2.75, 3.05) is 0 Å². The lowest BCUT2D eigenvalue weighted by molar-refractivity contribution is -0.143. The highest BCUT2D eigenvalue weighted by Gasteiger charge is 2.37. The van der Waals surface area contributed by atoms with E-state index < -0.39 is 53.3 Å². The Labute approximate surface area is 152 Å².